The van der Waals surface area contributed by atoms with Gasteiger partial charge in [0, 0.05) is 11.6 Å². The Kier molecular flexibility index (Phi) is 8.49. The van der Waals surface area contributed by atoms with Gasteiger partial charge in [-0.3, -0.25) is 9.59 Å². The molecule has 1 fully saturated rings. The number of rotatable bonds is 8. The zero-order valence-electron chi connectivity index (χ0n) is 17.7. The molecule has 1 aromatic carbocycles. The molecule has 160 valence electrons. The summed E-state index contributed by atoms with van der Waals surface area (Å²) < 4.78 is 10.4. The molecule has 2 N–H and O–H groups in total. The molecule has 0 saturated heterocycles. The molecule has 7 heteroatoms. The largest absolute Gasteiger partial charge is 0.497 e. The lowest BCUT2D eigenvalue weighted by atomic mass is 9.95. The highest BCUT2D eigenvalue weighted by atomic mass is 16.5. The van der Waals surface area contributed by atoms with Gasteiger partial charge >= 0.3 is 5.97 Å². The minimum absolute atomic E-state index is 0.146. The maximum Gasteiger partial charge on any atom is 0.329 e. The number of benzene rings is 1. The monoisotopic (exact) mass is 404 g/mol. The minimum Gasteiger partial charge on any atom is -0.497 e. The van der Waals surface area contributed by atoms with E-state index >= 15 is 0 Å². The smallest absolute Gasteiger partial charge is 0.329 e. The van der Waals surface area contributed by atoms with Crippen molar-refractivity contribution < 1.29 is 23.9 Å². The molecule has 29 heavy (non-hydrogen) atoms. The molecule has 2 atom stereocenters. The molecule has 2 amide bonds. The van der Waals surface area contributed by atoms with Crippen LogP contribution in [0.25, 0.3) is 0 Å². The van der Waals surface area contributed by atoms with Crippen molar-refractivity contribution in [3.63, 3.8) is 0 Å². The van der Waals surface area contributed by atoms with Crippen LogP contribution in [0.2, 0.25) is 0 Å². The quantitative estimate of drug-likeness (QED) is 0.650. The normalized spacial score (nSPS) is 16.6. The highest BCUT2D eigenvalue weighted by Gasteiger charge is 2.30. The van der Waals surface area contributed by atoms with Crippen LogP contribution in [-0.2, 0) is 14.3 Å². The molecule has 7 nitrogen and oxygen atoms in total. The first-order valence-electron chi connectivity index (χ1n) is 10.3. The number of nitrogens with one attached hydrogen (secondary N) is 2. The summed E-state index contributed by atoms with van der Waals surface area (Å²) in [5.41, 5.74) is 0.410. The number of amides is 2. The number of hydrogen-bond acceptors (Lipinski definition) is 5. The summed E-state index contributed by atoms with van der Waals surface area (Å²) in [7, 11) is 1.55. The SMILES string of the molecule is COc1ccc(C(=O)N[C@H](C(=O)O[C@@H](C)C(=O)NC2CCCCC2)C(C)C)cc1. The standard InChI is InChI=1S/C22H32N2O5/c1-14(2)19(24-21(26)16-10-12-18(28-4)13-11-16)22(27)29-15(3)20(25)23-17-8-6-5-7-9-17/h10-15,17,19H,5-9H2,1-4H3,(H,23,25)(H,24,26)/t15-,19-/m0/s1. The average molecular weight is 405 g/mol. The second kappa shape index (κ2) is 10.8. The van der Waals surface area contributed by atoms with Crippen LogP contribution in [0.15, 0.2) is 24.3 Å². The third-order valence-electron chi connectivity index (χ3n) is 5.17. The fourth-order valence-electron chi connectivity index (χ4n) is 3.33. The molecule has 0 bridgehead atoms. The Morgan fingerprint density at radius 2 is 1.62 bits per heavy atom. The molecule has 0 radical (unpaired) electrons. The maximum absolute atomic E-state index is 12.6. The van der Waals surface area contributed by atoms with E-state index in [4.69, 9.17) is 9.47 Å². The van der Waals surface area contributed by atoms with Crippen molar-refractivity contribution >= 4 is 17.8 Å². The average Bonchev–Trinajstić information content (AvgIpc) is 2.72. The van der Waals surface area contributed by atoms with Crippen molar-refractivity contribution in [2.75, 3.05) is 7.11 Å². The molecular formula is C22H32N2O5. The van der Waals surface area contributed by atoms with E-state index in [2.05, 4.69) is 10.6 Å². The van der Waals surface area contributed by atoms with Gasteiger partial charge in [-0.05, 0) is 49.9 Å². The van der Waals surface area contributed by atoms with E-state index in [-0.39, 0.29) is 23.8 Å². The van der Waals surface area contributed by atoms with Gasteiger partial charge in [0.05, 0.1) is 7.11 Å². The summed E-state index contributed by atoms with van der Waals surface area (Å²) >= 11 is 0. The van der Waals surface area contributed by atoms with Crippen LogP contribution in [0, 0.1) is 5.92 Å². The first-order chi connectivity index (χ1) is 13.8. The molecule has 2 rings (SSSR count). The molecule has 0 aliphatic heterocycles. The van der Waals surface area contributed by atoms with Crippen LogP contribution in [-0.4, -0.2) is 43.1 Å². The van der Waals surface area contributed by atoms with Gasteiger partial charge in [-0.1, -0.05) is 33.1 Å². The lowest BCUT2D eigenvalue weighted by Crippen LogP contribution is -2.48. The van der Waals surface area contributed by atoms with E-state index < -0.39 is 18.1 Å². The number of ether oxygens (including phenoxy) is 2. The van der Waals surface area contributed by atoms with Crippen LogP contribution in [0.5, 0.6) is 5.75 Å². The highest BCUT2D eigenvalue weighted by molar-refractivity contribution is 5.97. The van der Waals surface area contributed by atoms with Gasteiger partial charge in [0.25, 0.3) is 11.8 Å². The highest BCUT2D eigenvalue weighted by Crippen LogP contribution is 2.18. The Bertz CT molecular complexity index is 696. The van der Waals surface area contributed by atoms with E-state index in [1.54, 1.807) is 38.3 Å². The van der Waals surface area contributed by atoms with Gasteiger partial charge in [-0.25, -0.2) is 4.79 Å². The fourth-order valence-corrected chi connectivity index (χ4v) is 3.33. The number of esters is 1. The van der Waals surface area contributed by atoms with Crippen LogP contribution >= 0.6 is 0 Å². The third-order valence-corrected chi connectivity index (χ3v) is 5.17. The molecule has 1 aromatic rings. The summed E-state index contributed by atoms with van der Waals surface area (Å²) in [6.07, 6.45) is 4.40. The van der Waals surface area contributed by atoms with Crippen molar-refractivity contribution in [1.29, 1.82) is 0 Å². The predicted molar refractivity (Wildman–Crippen MR) is 110 cm³/mol. The van der Waals surface area contributed by atoms with Gasteiger partial charge in [0.2, 0.25) is 0 Å². The van der Waals surface area contributed by atoms with Crippen molar-refractivity contribution in [3.05, 3.63) is 29.8 Å². The topological polar surface area (TPSA) is 93.7 Å². The van der Waals surface area contributed by atoms with Crippen LogP contribution in [0.4, 0.5) is 0 Å². The molecule has 0 spiro atoms. The van der Waals surface area contributed by atoms with E-state index in [0.717, 1.165) is 25.7 Å². The number of hydrogen-bond donors (Lipinski definition) is 2. The Balaban J connectivity index is 1.93. The molecule has 0 aromatic heterocycles. The molecular weight excluding hydrogens is 372 g/mol. The van der Waals surface area contributed by atoms with Gasteiger partial charge in [-0.2, -0.15) is 0 Å². The Morgan fingerprint density at radius 1 is 1.00 bits per heavy atom. The molecule has 1 aliphatic rings. The lowest BCUT2D eigenvalue weighted by Gasteiger charge is -2.26. The number of carbonyl (C=O) groups is 3. The van der Waals surface area contributed by atoms with Gasteiger partial charge in [0.1, 0.15) is 11.8 Å². The Morgan fingerprint density at radius 3 is 2.17 bits per heavy atom. The zero-order chi connectivity index (χ0) is 21.4. The molecule has 1 saturated carbocycles. The van der Waals surface area contributed by atoms with Crippen molar-refractivity contribution in [1.82, 2.24) is 10.6 Å². The van der Waals surface area contributed by atoms with E-state index in [9.17, 15) is 14.4 Å². The van der Waals surface area contributed by atoms with E-state index in [0.29, 0.717) is 11.3 Å². The van der Waals surface area contributed by atoms with Gasteiger partial charge < -0.3 is 20.1 Å². The fraction of sp³-hybridized carbons (Fsp3) is 0.591. The lowest BCUT2D eigenvalue weighted by molar-refractivity contribution is -0.157. The molecule has 1 aliphatic carbocycles. The zero-order valence-corrected chi connectivity index (χ0v) is 17.7. The Labute approximate surface area is 172 Å². The molecule has 0 heterocycles. The third kappa shape index (κ3) is 6.76. The van der Waals surface area contributed by atoms with Crippen molar-refractivity contribution in [3.8, 4) is 5.75 Å². The first kappa shape index (κ1) is 22.7. The second-order valence-corrected chi connectivity index (χ2v) is 7.85. The van der Waals surface area contributed by atoms with Gasteiger partial charge in [0.15, 0.2) is 6.10 Å². The summed E-state index contributed by atoms with van der Waals surface area (Å²) in [6.45, 7) is 5.18. The van der Waals surface area contributed by atoms with Crippen molar-refractivity contribution in [2.45, 2.75) is 71.1 Å². The Hall–Kier alpha value is -2.57. The van der Waals surface area contributed by atoms with Crippen LogP contribution in [0.1, 0.15) is 63.2 Å². The van der Waals surface area contributed by atoms with Crippen LogP contribution in [0.3, 0.4) is 0 Å². The first-order valence-corrected chi connectivity index (χ1v) is 10.3. The summed E-state index contributed by atoms with van der Waals surface area (Å²) in [4.78, 5) is 37.5. The molecule has 0 unspecified atom stereocenters. The van der Waals surface area contributed by atoms with E-state index in [1.807, 2.05) is 13.8 Å². The van der Waals surface area contributed by atoms with Gasteiger partial charge in [-0.15, -0.1) is 0 Å². The van der Waals surface area contributed by atoms with Crippen molar-refractivity contribution in [2.24, 2.45) is 5.92 Å². The number of carbonyl (C=O) groups excluding carboxylic acids is 3. The maximum atomic E-state index is 12.6. The minimum atomic E-state index is -0.913. The summed E-state index contributed by atoms with van der Waals surface area (Å²) in [6, 6.07) is 5.89. The van der Waals surface area contributed by atoms with E-state index in [1.165, 1.54) is 6.42 Å². The summed E-state index contributed by atoms with van der Waals surface area (Å²) in [5, 5.41) is 5.66. The second-order valence-electron chi connectivity index (χ2n) is 7.85. The van der Waals surface area contributed by atoms with Crippen LogP contribution < -0.4 is 15.4 Å². The summed E-state index contributed by atoms with van der Waals surface area (Å²) in [5.74, 6) is -0.859. The predicted octanol–water partition coefficient (Wildman–Crippen LogP) is 2.83. The number of methoxy groups -OCH3 is 1.